The van der Waals surface area contributed by atoms with Gasteiger partial charge < -0.3 is 18.9 Å². The normalized spacial score (nSPS) is 13.2. The lowest BCUT2D eigenvalue weighted by Gasteiger charge is -2.09. The van der Waals surface area contributed by atoms with Crippen molar-refractivity contribution in [3.05, 3.63) is 81.7 Å². The first-order chi connectivity index (χ1) is 17.5. The van der Waals surface area contributed by atoms with Gasteiger partial charge in [0.15, 0.2) is 17.2 Å². The fourth-order valence-corrected chi connectivity index (χ4v) is 3.56. The number of benzene rings is 2. The lowest BCUT2D eigenvalue weighted by atomic mass is 10.1. The van der Waals surface area contributed by atoms with Gasteiger partial charge in [0.05, 0.1) is 14.2 Å². The Hall–Kier alpha value is -4.44. The van der Waals surface area contributed by atoms with Crippen molar-refractivity contribution in [2.45, 2.75) is 13.8 Å². The van der Waals surface area contributed by atoms with Crippen LogP contribution in [0.4, 0.5) is 10.5 Å². The number of aliphatic imine (C=N–C) groups is 1. The van der Waals surface area contributed by atoms with Gasteiger partial charge in [-0.15, -0.1) is 11.3 Å². The highest BCUT2D eigenvalue weighted by molar-refractivity contribution is 7.12. The molecule has 2 heterocycles. The number of methoxy groups -OCH3 is 2. The number of carbonyl (C=O) groups excluding carboxylic acids is 3. The van der Waals surface area contributed by atoms with Crippen LogP contribution in [0.2, 0.25) is 0 Å². The van der Waals surface area contributed by atoms with Crippen molar-refractivity contribution in [3.63, 3.8) is 0 Å². The minimum atomic E-state index is -0.612. The number of nitrogens with zero attached hydrogens (tertiary/aromatic N) is 1. The number of hydrogen-bond acceptors (Lipinski definition) is 9. The molecule has 0 saturated carbocycles. The smallest absolute Gasteiger partial charge is 0.411 e. The Kier molecular flexibility index (Phi) is 8.95. The summed E-state index contributed by atoms with van der Waals surface area (Å²) in [5.74, 6) is -0.389. The van der Waals surface area contributed by atoms with Gasteiger partial charge >= 0.3 is 18.0 Å². The van der Waals surface area contributed by atoms with E-state index in [4.69, 9.17) is 14.2 Å². The Morgan fingerprint density at radius 1 is 1.03 bits per heavy atom. The van der Waals surface area contributed by atoms with Gasteiger partial charge in [-0.3, -0.25) is 5.32 Å². The van der Waals surface area contributed by atoms with Gasteiger partial charge in [0, 0.05) is 11.3 Å². The van der Waals surface area contributed by atoms with E-state index in [-0.39, 0.29) is 17.3 Å². The predicted octanol–water partition coefficient (Wildman–Crippen LogP) is 5.52. The number of esters is 2. The predicted molar refractivity (Wildman–Crippen MR) is 137 cm³/mol. The Bertz CT molecular complexity index is 1300. The van der Waals surface area contributed by atoms with Crippen molar-refractivity contribution in [2.24, 2.45) is 4.99 Å². The SMILES string of the molecule is CC.COC(=O)Nc1ccc(C2=N/C(=C/c3ccc(OC(=O)c4cccs4)c(OC)c3)C(=O)O2)cc1. The van der Waals surface area contributed by atoms with Crippen LogP contribution in [0.5, 0.6) is 11.5 Å². The maximum absolute atomic E-state index is 12.3. The molecule has 0 aliphatic carbocycles. The minimum Gasteiger partial charge on any atom is -0.493 e. The summed E-state index contributed by atoms with van der Waals surface area (Å²) < 4.78 is 20.6. The fraction of sp³-hybridized carbons (Fsp3) is 0.154. The number of ether oxygens (including phenoxy) is 4. The molecule has 2 aromatic carbocycles. The van der Waals surface area contributed by atoms with Gasteiger partial charge in [-0.25, -0.2) is 19.4 Å². The molecule has 0 unspecified atom stereocenters. The molecule has 0 atom stereocenters. The molecule has 1 amide bonds. The molecule has 0 radical (unpaired) electrons. The number of amides is 1. The number of nitrogens with one attached hydrogen (secondary N) is 1. The van der Waals surface area contributed by atoms with Gasteiger partial charge in [0.25, 0.3) is 0 Å². The van der Waals surface area contributed by atoms with Gasteiger partial charge in [0.2, 0.25) is 5.90 Å². The van der Waals surface area contributed by atoms with E-state index in [2.05, 4.69) is 15.0 Å². The fourth-order valence-electron chi connectivity index (χ4n) is 2.96. The third kappa shape index (κ3) is 6.36. The number of rotatable bonds is 6. The molecule has 186 valence electrons. The Balaban J connectivity index is 0.00000176. The second-order valence-electron chi connectivity index (χ2n) is 6.81. The number of thiophene rings is 1. The van der Waals surface area contributed by atoms with E-state index >= 15 is 0 Å². The molecule has 0 fully saturated rings. The number of carbonyl (C=O) groups is 3. The van der Waals surface area contributed by atoms with Crippen LogP contribution in [0.3, 0.4) is 0 Å². The zero-order valence-corrected chi connectivity index (χ0v) is 20.9. The van der Waals surface area contributed by atoms with E-state index < -0.39 is 18.0 Å². The van der Waals surface area contributed by atoms with Crippen LogP contribution in [0.25, 0.3) is 6.08 Å². The van der Waals surface area contributed by atoms with Crippen LogP contribution >= 0.6 is 11.3 Å². The van der Waals surface area contributed by atoms with Gasteiger partial charge in [0.1, 0.15) is 4.88 Å². The quantitative estimate of drug-likeness (QED) is 0.265. The molecule has 1 aliphatic heterocycles. The van der Waals surface area contributed by atoms with E-state index in [0.29, 0.717) is 27.4 Å². The summed E-state index contributed by atoms with van der Waals surface area (Å²) >= 11 is 1.28. The average Bonchev–Trinajstić information content (AvgIpc) is 3.57. The summed E-state index contributed by atoms with van der Waals surface area (Å²) in [5.41, 5.74) is 1.77. The second-order valence-corrected chi connectivity index (χ2v) is 7.75. The topological polar surface area (TPSA) is 113 Å². The van der Waals surface area contributed by atoms with Crippen LogP contribution < -0.4 is 14.8 Å². The molecule has 1 N–H and O–H groups in total. The van der Waals surface area contributed by atoms with Crippen molar-refractivity contribution in [1.29, 1.82) is 0 Å². The summed E-state index contributed by atoms with van der Waals surface area (Å²) in [6, 6.07) is 14.9. The van der Waals surface area contributed by atoms with Crippen molar-refractivity contribution in [3.8, 4) is 11.5 Å². The zero-order chi connectivity index (χ0) is 26.1. The Morgan fingerprint density at radius 3 is 2.42 bits per heavy atom. The lowest BCUT2D eigenvalue weighted by molar-refractivity contribution is -0.129. The van der Waals surface area contributed by atoms with Crippen LogP contribution in [0.1, 0.15) is 34.6 Å². The molecular weight excluding hydrogens is 484 g/mol. The molecule has 3 aromatic rings. The van der Waals surface area contributed by atoms with E-state index in [1.54, 1.807) is 60.0 Å². The van der Waals surface area contributed by atoms with E-state index in [1.807, 2.05) is 13.8 Å². The summed E-state index contributed by atoms with van der Waals surface area (Å²) in [7, 11) is 2.72. The molecular formula is C26H24N2O7S. The summed E-state index contributed by atoms with van der Waals surface area (Å²) in [6.07, 6.45) is 0.945. The third-order valence-electron chi connectivity index (χ3n) is 4.60. The number of hydrogen-bond donors (Lipinski definition) is 1. The third-order valence-corrected chi connectivity index (χ3v) is 5.45. The molecule has 4 rings (SSSR count). The Labute approximate surface area is 212 Å². The number of anilines is 1. The first-order valence-corrected chi connectivity index (χ1v) is 11.8. The monoisotopic (exact) mass is 508 g/mol. The molecule has 10 heteroatoms. The van der Waals surface area contributed by atoms with E-state index in [9.17, 15) is 14.4 Å². The van der Waals surface area contributed by atoms with Gasteiger partial charge in [-0.2, -0.15) is 0 Å². The van der Waals surface area contributed by atoms with E-state index in [0.717, 1.165) is 0 Å². The zero-order valence-electron chi connectivity index (χ0n) is 20.1. The van der Waals surface area contributed by atoms with Crippen LogP contribution in [-0.2, 0) is 14.3 Å². The largest absolute Gasteiger partial charge is 0.493 e. The summed E-state index contributed by atoms with van der Waals surface area (Å²) in [4.78, 5) is 40.6. The van der Waals surface area contributed by atoms with Crippen LogP contribution in [-0.4, -0.2) is 38.1 Å². The highest BCUT2D eigenvalue weighted by Gasteiger charge is 2.24. The maximum Gasteiger partial charge on any atom is 0.411 e. The van der Waals surface area contributed by atoms with Gasteiger partial charge in [-0.1, -0.05) is 26.0 Å². The molecule has 1 aromatic heterocycles. The highest BCUT2D eigenvalue weighted by atomic mass is 32.1. The second kappa shape index (κ2) is 12.3. The van der Waals surface area contributed by atoms with Crippen LogP contribution in [0, 0.1) is 0 Å². The van der Waals surface area contributed by atoms with Crippen molar-refractivity contribution < 1.29 is 33.3 Å². The highest BCUT2D eigenvalue weighted by Crippen LogP contribution is 2.31. The van der Waals surface area contributed by atoms with Crippen molar-refractivity contribution in [1.82, 2.24) is 0 Å². The molecule has 0 saturated heterocycles. The first-order valence-electron chi connectivity index (χ1n) is 10.9. The van der Waals surface area contributed by atoms with Crippen LogP contribution in [0.15, 0.2) is 70.7 Å². The Morgan fingerprint density at radius 2 is 1.78 bits per heavy atom. The number of cyclic esters (lactones) is 1. The van der Waals surface area contributed by atoms with Crippen molar-refractivity contribution in [2.75, 3.05) is 19.5 Å². The van der Waals surface area contributed by atoms with Crippen molar-refractivity contribution >= 4 is 47.0 Å². The lowest BCUT2D eigenvalue weighted by Crippen LogP contribution is -2.11. The summed E-state index contributed by atoms with van der Waals surface area (Å²) in [6.45, 7) is 4.00. The molecule has 9 nitrogen and oxygen atoms in total. The minimum absolute atomic E-state index is 0.0946. The van der Waals surface area contributed by atoms with Gasteiger partial charge in [-0.05, 0) is 59.5 Å². The molecule has 0 spiro atoms. The summed E-state index contributed by atoms with van der Waals surface area (Å²) in [5, 5.41) is 4.32. The standard InChI is InChI=1S/C24H18N2O7S.C2H6/c1-30-19-13-14(5-10-18(19)32-23(28)20-4-3-11-34-20)12-17-22(27)33-21(26-17)15-6-8-16(9-7-15)25-24(29)31-2;1-2/h3-13H,1-2H3,(H,25,29);1-2H3/b17-12+;. The average molecular weight is 509 g/mol. The first kappa shape index (κ1) is 26.2. The van der Waals surface area contributed by atoms with E-state index in [1.165, 1.54) is 31.6 Å². The molecule has 1 aliphatic rings. The molecule has 36 heavy (non-hydrogen) atoms. The molecule has 0 bridgehead atoms. The maximum atomic E-state index is 12.3.